The molecule has 19 heavy (non-hydrogen) atoms. The van der Waals surface area contributed by atoms with Gasteiger partial charge in [0.1, 0.15) is 0 Å². The number of aliphatic hydroxyl groups is 1. The molecule has 0 rings (SSSR count). The summed E-state index contributed by atoms with van der Waals surface area (Å²) in [5.74, 6) is 0. The maximum atomic E-state index is 8.07. The number of rotatable bonds is 8. The maximum Gasteiger partial charge on any atom is 0.502 e. The van der Waals surface area contributed by atoms with Gasteiger partial charge in [0.15, 0.2) is 0 Å². The standard InChI is InChI=1S/C8H22N2O3Si.C4H10O/c1-7(9)8(2,10)6-14(11-3,12-4)13-5;1-2-3-4-5/h7H,6,9-10H2,1-5H3;5H,2-4H2,1H3. The molecule has 0 bridgehead atoms. The van der Waals surface area contributed by atoms with Crippen molar-refractivity contribution in [3.05, 3.63) is 0 Å². The van der Waals surface area contributed by atoms with Gasteiger partial charge in [0.05, 0.1) is 0 Å². The zero-order chi connectivity index (χ0) is 15.5. The first-order valence-corrected chi connectivity index (χ1v) is 8.49. The second-order valence-electron chi connectivity index (χ2n) is 4.84. The van der Waals surface area contributed by atoms with Crippen molar-refractivity contribution in [1.82, 2.24) is 0 Å². The summed E-state index contributed by atoms with van der Waals surface area (Å²) < 4.78 is 15.8. The molecule has 0 radical (unpaired) electrons. The second kappa shape index (κ2) is 10.7. The van der Waals surface area contributed by atoms with E-state index in [0.29, 0.717) is 12.7 Å². The topological polar surface area (TPSA) is 100.0 Å². The molecule has 7 heteroatoms. The monoisotopic (exact) mass is 296 g/mol. The van der Waals surface area contributed by atoms with Crippen molar-refractivity contribution in [2.45, 2.75) is 51.2 Å². The Morgan fingerprint density at radius 1 is 1.21 bits per heavy atom. The quantitative estimate of drug-likeness (QED) is 0.570. The van der Waals surface area contributed by atoms with Crippen LogP contribution in [0.2, 0.25) is 6.04 Å². The molecule has 0 aliphatic rings. The van der Waals surface area contributed by atoms with Crippen LogP contribution in [0, 0.1) is 0 Å². The Labute approximate surface area is 118 Å². The molecule has 2 unspecified atom stereocenters. The Morgan fingerprint density at radius 3 is 1.79 bits per heavy atom. The van der Waals surface area contributed by atoms with E-state index in [4.69, 9.17) is 29.9 Å². The lowest BCUT2D eigenvalue weighted by atomic mass is 9.98. The Kier molecular flexibility index (Phi) is 12.0. The fourth-order valence-corrected chi connectivity index (χ4v) is 3.44. The summed E-state index contributed by atoms with van der Waals surface area (Å²) in [5.41, 5.74) is 11.3. The highest BCUT2D eigenvalue weighted by molar-refractivity contribution is 6.60. The molecule has 0 saturated heterocycles. The van der Waals surface area contributed by atoms with Gasteiger partial charge >= 0.3 is 8.80 Å². The van der Waals surface area contributed by atoms with Crippen molar-refractivity contribution >= 4 is 8.80 Å². The lowest BCUT2D eigenvalue weighted by Gasteiger charge is -2.35. The van der Waals surface area contributed by atoms with Crippen LogP contribution in [0.4, 0.5) is 0 Å². The summed E-state index contributed by atoms with van der Waals surface area (Å²) in [4.78, 5) is 0. The summed E-state index contributed by atoms with van der Waals surface area (Å²) in [5, 5.41) is 8.07. The minimum Gasteiger partial charge on any atom is -0.396 e. The molecule has 0 saturated carbocycles. The van der Waals surface area contributed by atoms with E-state index in [-0.39, 0.29) is 6.04 Å². The van der Waals surface area contributed by atoms with Crippen LogP contribution in [0.5, 0.6) is 0 Å². The first kappa shape index (κ1) is 21.3. The molecule has 0 spiro atoms. The van der Waals surface area contributed by atoms with E-state index in [2.05, 4.69) is 6.92 Å². The van der Waals surface area contributed by atoms with Crippen LogP contribution in [0.3, 0.4) is 0 Å². The van der Waals surface area contributed by atoms with E-state index in [0.717, 1.165) is 12.8 Å². The molecule has 0 aromatic rings. The minimum absolute atomic E-state index is 0.144. The SMILES string of the molecule is CCCCO.CO[Si](CC(C)(N)C(C)N)(OC)OC. The fraction of sp³-hybridized carbons (Fsp3) is 1.00. The highest BCUT2D eigenvalue weighted by Gasteiger charge is 2.45. The average Bonchev–Trinajstić information content (AvgIpc) is 2.37. The van der Waals surface area contributed by atoms with Gasteiger partial charge in [0.2, 0.25) is 0 Å². The van der Waals surface area contributed by atoms with Crippen molar-refractivity contribution in [3.63, 3.8) is 0 Å². The minimum atomic E-state index is -2.62. The predicted molar refractivity (Wildman–Crippen MR) is 79.8 cm³/mol. The van der Waals surface area contributed by atoms with Crippen molar-refractivity contribution in [3.8, 4) is 0 Å². The zero-order valence-corrected chi connectivity index (χ0v) is 14.2. The molecule has 118 valence electrons. The van der Waals surface area contributed by atoms with Crippen LogP contribution in [0.15, 0.2) is 0 Å². The van der Waals surface area contributed by atoms with Gasteiger partial charge in [0.25, 0.3) is 0 Å². The van der Waals surface area contributed by atoms with E-state index >= 15 is 0 Å². The molecule has 0 aromatic heterocycles. The lowest BCUT2D eigenvalue weighted by Crippen LogP contribution is -2.59. The number of unbranched alkanes of at least 4 members (excludes halogenated alkanes) is 1. The van der Waals surface area contributed by atoms with Gasteiger partial charge < -0.3 is 29.9 Å². The van der Waals surface area contributed by atoms with E-state index in [9.17, 15) is 0 Å². The van der Waals surface area contributed by atoms with Crippen LogP contribution in [0.1, 0.15) is 33.6 Å². The van der Waals surface area contributed by atoms with Crippen LogP contribution in [0.25, 0.3) is 0 Å². The zero-order valence-electron chi connectivity index (χ0n) is 13.2. The summed E-state index contributed by atoms with van der Waals surface area (Å²) in [6, 6.07) is 0.357. The van der Waals surface area contributed by atoms with E-state index < -0.39 is 14.3 Å². The molecule has 0 aliphatic heterocycles. The Morgan fingerprint density at radius 2 is 1.63 bits per heavy atom. The van der Waals surface area contributed by atoms with Gasteiger partial charge in [0, 0.05) is 45.6 Å². The van der Waals surface area contributed by atoms with Gasteiger partial charge in [-0.2, -0.15) is 0 Å². The summed E-state index contributed by atoms with van der Waals surface area (Å²) >= 11 is 0. The first-order valence-electron chi connectivity index (χ1n) is 6.56. The van der Waals surface area contributed by atoms with E-state index in [1.807, 2.05) is 13.8 Å². The number of hydrogen-bond donors (Lipinski definition) is 3. The van der Waals surface area contributed by atoms with Gasteiger partial charge in [-0.15, -0.1) is 0 Å². The van der Waals surface area contributed by atoms with Gasteiger partial charge in [-0.25, -0.2) is 0 Å². The van der Waals surface area contributed by atoms with Crippen molar-refractivity contribution < 1.29 is 18.4 Å². The molecule has 0 amide bonds. The summed E-state index contributed by atoms with van der Waals surface area (Å²) in [6.45, 7) is 6.13. The third-order valence-electron chi connectivity index (χ3n) is 3.08. The molecule has 2 atom stereocenters. The number of hydrogen-bond acceptors (Lipinski definition) is 6. The molecule has 6 nitrogen and oxygen atoms in total. The Hall–Kier alpha value is -0.0231. The van der Waals surface area contributed by atoms with Crippen molar-refractivity contribution in [1.29, 1.82) is 0 Å². The van der Waals surface area contributed by atoms with Crippen molar-refractivity contribution in [2.75, 3.05) is 27.9 Å². The van der Waals surface area contributed by atoms with E-state index in [1.54, 1.807) is 21.3 Å². The molecule has 0 heterocycles. The summed E-state index contributed by atoms with van der Waals surface area (Å²) in [6.07, 6.45) is 2.04. The van der Waals surface area contributed by atoms with Crippen LogP contribution < -0.4 is 11.5 Å². The molecule has 0 aliphatic carbocycles. The highest BCUT2D eigenvalue weighted by atomic mass is 28.4. The molecule has 0 aromatic carbocycles. The van der Waals surface area contributed by atoms with Gasteiger partial charge in [-0.3, -0.25) is 0 Å². The number of nitrogens with two attached hydrogens (primary N) is 2. The number of aliphatic hydroxyl groups excluding tert-OH is 1. The maximum absolute atomic E-state index is 8.07. The predicted octanol–water partition coefficient (Wildman–Crippen LogP) is 0.708. The largest absolute Gasteiger partial charge is 0.502 e. The average molecular weight is 296 g/mol. The Balaban J connectivity index is 0. The van der Waals surface area contributed by atoms with Gasteiger partial charge in [-0.05, 0) is 20.3 Å². The first-order chi connectivity index (χ1) is 8.75. The van der Waals surface area contributed by atoms with Gasteiger partial charge in [-0.1, -0.05) is 13.3 Å². The summed E-state index contributed by atoms with van der Waals surface area (Å²) in [7, 11) is 2.08. The van der Waals surface area contributed by atoms with Crippen LogP contribution in [-0.2, 0) is 13.3 Å². The fourth-order valence-electron chi connectivity index (χ4n) is 1.25. The normalized spacial score (nSPS) is 16.3. The van der Waals surface area contributed by atoms with Crippen LogP contribution in [-0.4, -0.2) is 53.4 Å². The molecule has 0 fully saturated rings. The smallest absolute Gasteiger partial charge is 0.396 e. The molecular formula is C12H32N2O4Si. The second-order valence-corrected chi connectivity index (χ2v) is 7.79. The Bertz CT molecular complexity index is 202. The lowest BCUT2D eigenvalue weighted by molar-refractivity contribution is 0.114. The van der Waals surface area contributed by atoms with Crippen molar-refractivity contribution in [2.24, 2.45) is 11.5 Å². The van der Waals surface area contributed by atoms with Crippen LogP contribution >= 0.6 is 0 Å². The van der Waals surface area contributed by atoms with E-state index in [1.165, 1.54) is 0 Å². The molecule has 5 N–H and O–H groups in total. The third kappa shape index (κ3) is 8.69. The third-order valence-corrected chi connectivity index (χ3v) is 6.14. The highest BCUT2D eigenvalue weighted by Crippen LogP contribution is 2.22. The molecular weight excluding hydrogens is 264 g/mol.